The van der Waals surface area contributed by atoms with Crippen molar-refractivity contribution >= 4 is 22.6 Å². The fourth-order valence-electron chi connectivity index (χ4n) is 1.48. The fraction of sp³-hybridized carbons (Fsp3) is 0.417. The summed E-state index contributed by atoms with van der Waals surface area (Å²) in [5.41, 5.74) is 0.704. The third-order valence-corrected chi connectivity index (χ3v) is 2.92. The van der Waals surface area contributed by atoms with Crippen molar-refractivity contribution in [1.82, 2.24) is 15.0 Å². The largest absolute Gasteiger partial charge is 0.309 e. The molecule has 2 aromatic heterocycles. The molecule has 90 valence electrons. The number of fused-ring (bicyclic) bond motifs is 1. The van der Waals surface area contributed by atoms with Crippen LogP contribution in [0.2, 0.25) is 5.02 Å². The van der Waals surface area contributed by atoms with E-state index in [2.05, 4.69) is 15.0 Å². The van der Waals surface area contributed by atoms with E-state index >= 15 is 0 Å². The molecule has 0 aliphatic rings. The van der Waals surface area contributed by atoms with Gasteiger partial charge >= 0.3 is 0 Å². The first-order valence-corrected chi connectivity index (χ1v) is 5.74. The summed E-state index contributed by atoms with van der Waals surface area (Å²) in [4.78, 5) is 23.3. The lowest BCUT2D eigenvalue weighted by molar-refractivity contribution is 0.545. The van der Waals surface area contributed by atoms with Crippen molar-refractivity contribution in [2.24, 2.45) is 0 Å². The van der Waals surface area contributed by atoms with Crippen LogP contribution in [0.3, 0.4) is 0 Å². The van der Waals surface area contributed by atoms with E-state index in [4.69, 9.17) is 11.6 Å². The number of nitrogens with one attached hydrogen (secondary N) is 1. The maximum Gasteiger partial charge on any atom is 0.260 e. The van der Waals surface area contributed by atoms with Crippen molar-refractivity contribution in [3.8, 4) is 0 Å². The average molecular weight is 252 g/mol. The van der Waals surface area contributed by atoms with Gasteiger partial charge in [0.25, 0.3) is 5.56 Å². The molecule has 0 aliphatic heterocycles. The predicted molar refractivity (Wildman–Crippen MR) is 68.6 cm³/mol. The van der Waals surface area contributed by atoms with Gasteiger partial charge in [-0.3, -0.25) is 4.79 Å². The summed E-state index contributed by atoms with van der Waals surface area (Å²) in [6.07, 6.45) is 0. The molecule has 0 atom stereocenters. The van der Waals surface area contributed by atoms with E-state index in [-0.39, 0.29) is 11.0 Å². The molecular weight excluding hydrogens is 238 g/mol. The second-order valence-corrected chi connectivity index (χ2v) is 5.50. The average Bonchev–Trinajstić information content (AvgIpc) is 2.19. The number of hydrogen-bond acceptors (Lipinski definition) is 3. The normalized spacial score (nSPS) is 12.1. The third-order valence-electron chi connectivity index (χ3n) is 2.54. The molecule has 17 heavy (non-hydrogen) atoms. The molecule has 0 amide bonds. The summed E-state index contributed by atoms with van der Waals surface area (Å²) in [5, 5.41) is 0.905. The number of hydrogen-bond donors (Lipinski definition) is 1. The molecule has 0 fully saturated rings. The van der Waals surface area contributed by atoms with Crippen LogP contribution in [0.4, 0.5) is 0 Å². The lowest BCUT2D eigenvalue weighted by atomic mass is 9.96. The van der Waals surface area contributed by atoms with Crippen molar-refractivity contribution in [2.45, 2.75) is 33.1 Å². The first-order valence-electron chi connectivity index (χ1n) is 5.36. The van der Waals surface area contributed by atoms with Crippen molar-refractivity contribution in [2.75, 3.05) is 0 Å². The molecule has 2 heterocycles. The Morgan fingerprint density at radius 3 is 2.53 bits per heavy atom. The Hall–Kier alpha value is -1.42. The molecule has 0 bridgehead atoms. The summed E-state index contributed by atoms with van der Waals surface area (Å²) in [5.74, 6) is 0.629. The van der Waals surface area contributed by atoms with Crippen molar-refractivity contribution in [3.05, 3.63) is 33.0 Å². The number of aromatic amines is 1. The topological polar surface area (TPSA) is 58.6 Å². The zero-order chi connectivity index (χ0) is 12.8. The molecule has 0 unspecified atom stereocenters. The number of H-pyrrole nitrogens is 1. The van der Waals surface area contributed by atoms with Crippen LogP contribution >= 0.6 is 11.6 Å². The Morgan fingerprint density at radius 1 is 1.29 bits per heavy atom. The van der Waals surface area contributed by atoms with E-state index in [1.807, 2.05) is 20.8 Å². The fourth-order valence-corrected chi connectivity index (χ4v) is 1.64. The molecule has 1 N–H and O–H groups in total. The van der Waals surface area contributed by atoms with Crippen LogP contribution in [-0.4, -0.2) is 15.0 Å². The molecule has 0 saturated carbocycles. The Kier molecular flexibility index (Phi) is 2.70. The number of nitrogens with zero attached hydrogens (tertiary/aromatic N) is 2. The smallest absolute Gasteiger partial charge is 0.260 e. The standard InChI is InChI=1S/C12H14ClN3O/c1-6-8(13)5-7-9(14-6)15-11(12(2,3)4)16-10(7)17/h5H,1-4H3,(H,14,15,16,17). The zero-order valence-electron chi connectivity index (χ0n) is 10.3. The van der Waals surface area contributed by atoms with Gasteiger partial charge in [0, 0.05) is 5.41 Å². The summed E-state index contributed by atoms with van der Waals surface area (Å²) in [6.45, 7) is 7.75. The van der Waals surface area contributed by atoms with E-state index < -0.39 is 0 Å². The monoisotopic (exact) mass is 251 g/mol. The lowest BCUT2D eigenvalue weighted by Crippen LogP contribution is -2.22. The highest BCUT2D eigenvalue weighted by molar-refractivity contribution is 6.31. The van der Waals surface area contributed by atoms with E-state index in [1.54, 1.807) is 13.0 Å². The predicted octanol–water partition coefficient (Wildman–Crippen LogP) is 2.58. The minimum absolute atomic E-state index is 0.200. The second kappa shape index (κ2) is 3.81. The summed E-state index contributed by atoms with van der Waals surface area (Å²) in [7, 11) is 0. The molecule has 0 saturated heterocycles. The van der Waals surface area contributed by atoms with E-state index in [9.17, 15) is 4.79 Å². The molecule has 0 aromatic carbocycles. The zero-order valence-corrected chi connectivity index (χ0v) is 11.0. The number of rotatable bonds is 0. The summed E-state index contributed by atoms with van der Waals surface area (Å²) < 4.78 is 0. The van der Waals surface area contributed by atoms with Gasteiger partial charge in [-0.25, -0.2) is 9.97 Å². The highest BCUT2D eigenvalue weighted by atomic mass is 35.5. The minimum atomic E-state index is -0.220. The lowest BCUT2D eigenvalue weighted by Gasteiger charge is -2.17. The van der Waals surface area contributed by atoms with Crippen LogP contribution < -0.4 is 5.56 Å². The maximum absolute atomic E-state index is 11.9. The van der Waals surface area contributed by atoms with Gasteiger partial charge < -0.3 is 4.98 Å². The highest BCUT2D eigenvalue weighted by Crippen LogP contribution is 2.20. The van der Waals surface area contributed by atoms with Gasteiger partial charge in [-0.15, -0.1) is 0 Å². The van der Waals surface area contributed by atoms with E-state index in [1.165, 1.54) is 0 Å². The Bertz CT molecular complexity index is 640. The minimum Gasteiger partial charge on any atom is -0.309 e. The Morgan fingerprint density at radius 2 is 1.94 bits per heavy atom. The number of aromatic nitrogens is 3. The highest BCUT2D eigenvalue weighted by Gasteiger charge is 2.18. The van der Waals surface area contributed by atoms with Crippen LogP contribution in [0.15, 0.2) is 10.9 Å². The van der Waals surface area contributed by atoms with Gasteiger partial charge in [0.2, 0.25) is 0 Å². The van der Waals surface area contributed by atoms with Crippen molar-refractivity contribution < 1.29 is 0 Å². The Balaban J connectivity index is 2.83. The summed E-state index contributed by atoms with van der Waals surface area (Å²) >= 11 is 5.95. The van der Waals surface area contributed by atoms with Crippen LogP contribution in [-0.2, 0) is 5.41 Å². The quantitative estimate of drug-likeness (QED) is 0.783. The van der Waals surface area contributed by atoms with Crippen molar-refractivity contribution in [1.29, 1.82) is 0 Å². The molecule has 2 rings (SSSR count). The molecule has 5 heteroatoms. The van der Waals surface area contributed by atoms with Crippen LogP contribution in [0.25, 0.3) is 11.0 Å². The van der Waals surface area contributed by atoms with Crippen molar-refractivity contribution in [3.63, 3.8) is 0 Å². The van der Waals surface area contributed by atoms with Gasteiger partial charge in [-0.1, -0.05) is 32.4 Å². The van der Waals surface area contributed by atoms with Gasteiger partial charge in [0.05, 0.1) is 16.1 Å². The second-order valence-electron chi connectivity index (χ2n) is 5.09. The molecular formula is C12H14ClN3O. The first-order chi connectivity index (χ1) is 7.79. The number of pyridine rings is 1. The molecule has 2 aromatic rings. The molecule has 0 radical (unpaired) electrons. The Labute approximate surface area is 104 Å². The van der Waals surface area contributed by atoms with Crippen LogP contribution in [0, 0.1) is 6.92 Å². The summed E-state index contributed by atoms with van der Waals surface area (Å²) in [6, 6.07) is 1.61. The van der Waals surface area contributed by atoms with Crippen LogP contribution in [0.5, 0.6) is 0 Å². The number of halogens is 1. The maximum atomic E-state index is 11.9. The first kappa shape index (κ1) is 12.0. The van der Waals surface area contributed by atoms with Gasteiger partial charge in [0.1, 0.15) is 5.82 Å². The number of aryl methyl sites for hydroxylation is 1. The molecule has 0 spiro atoms. The molecule has 4 nitrogen and oxygen atoms in total. The van der Waals surface area contributed by atoms with Crippen LogP contribution in [0.1, 0.15) is 32.3 Å². The SMILES string of the molecule is Cc1nc2nc(C(C)(C)C)[nH]c(=O)c2cc1Cl. The van der Waals surface area contributed by atoms with Gasteiger partial charge in [-0.2, -0.15) is 0 Å². The van der Waals surface area contributed by atoms with E-state index in [0.29, 0.717) is 27.6 Å². The third kappa shape index (κ3) is 2.17. The van der Waals surface area contributed by atoms with Gasteiger partial charge in [0.15, 0.2) is 5.65 Å². The molecule has 0 aliphatic carbocycles. The van der Waals surface area contributed by atoms with Gasteiger partial charge in [-0.05, 0) is 13.0 Å². The van der Waals surface area contributed by atoms with E-state index in [0.717, 1.165) is 0 Å².